The fourth-order valence-electron chi connectivity index (χ4n) is 1.16. The van der Waals surface area contributed by atoms with Gasteiger partial charge >= 0.3 is 0 Å². The third-order valence-corrected chi connectivity index (χ3v) is 2.72. The molecular weight excluding hydrogens is 236 g/mol. The number of carbonyl (C=O) groups excluding carboxylic acids is 1. The summed E-state index contributed by atoms with van der Waals surface area (Å²) in [5.41, 5.74) is 0. The van der Waals surface area contributed by atoms with Crippen LogP contribution in [0.15, 0.2) is 18.7 Å². The molecule has 0 atom stereocenters. The molecular formula is C12H22N2O2S. The van der Waals surface area contributed by atoms with Crippen molar-refractivity contribution in [3.05, 3.63) is 18.7 Å². The number of carboxylic acids is 1. The molecule has 4 nitrogen and oxygen atoms in total. The van der Waals surface area contributed by atoms with Crippen LogP contribution in [0.5, 0.6) is 0 Å². The maximum atomic E-state index is 9.63. The minimum Gasteiger partial charge on any atom is -0.550 e. The lowest BCUT2D eigenvalue weighted by Crippen LogP contribution is -2.23. The molecule has 98 valence electrons. The Labute approximate surface area is 108 Å². The van der Waals surface area contributed by atoms with Gasteiger partial charge < -0.3 is 9.90 Å². The first-order valence-corrected chi connectivity index (χ1v) is 7.19. The Morgan fingerprint density at radius 3 is 2.59 bits per heavy atom. The van der Waals surface area contributed by atoms with E-state index in [1.165, 1.54) is 24.6 Å². The van der Waals surface area contributed by atoms with Gasteiger partial charge in [0.25, 0.3) is 0 Å². The number of rotatable bonds is 6. The Hall–Kier alpha value is -0.970. The lowest BCUT2D eigenvalue weighted by molar-refractivity contribution is -0.671. The molecule has 0 fully saturated rings. The lowest BCUT2D eigenvalue weighted by atomic mass is 10.3. The van der Waals surface area contributed by atoms with Crippen molar-refractivity contribution in [2.75, 3.05) is 12.0 Å². The minimum absolute atomic E-state index is 0.168. The van der Waals surface area contributed by atoms with Gasteiger partial charge in [-0.15, -0.1) is 0 Å². The van der Waals surface area contributed by atoms with Crippen LogP contribution < -0.4 is 9.67 Å². The zero-order chi connectivity index (χ0) is 13.1. The molecule has 17 heavy (non-hydrogen) atoms. The summed E-state index contributed by atoms with van der Waals surface area (Å²) in [5, 5.41) is 9.63. The largest absolute Gasteiger partial charge is 0.550 e. The number of aromatic nitrogens is 2. The zero-order valence-corrected chi connectivity index (χ0v) is 11.7. The van der Waals surface area contributed by atoms with Crippen molar-refractivity contribution in [3.63, 3.8) is 0 Å². The number of unbranched alkanes of at least 4 members (excludes halogenated alkanes) is 1. The summed E-state index contributed by atoms with van der Waals surface area (Å²) >= 11 is 1.51. The highest BCUT2D eigenvalue weighted by molar-refractivity contribution is 7.98. The number of hydrogen-bond donors (Lipinski definition) is 0. The number of hydrogen-bond acceptors (Lipinski definition) is 3. The highest BCUT2D eigenvalue weighted by Crippen LogP contribution is 1.92. The van der Waals surface area contributed by atoms with Crippen molar-refractivity contribution in [1.82, 2.24) is 4.57 Å². The van der Waals surface area contributed by atoms with E-state index in [0.717, 1.165) is 6.54 Å². The Bertz CT molecular complexity index is 313. The molecule has 0 saturated carbocycles. The number of aliphatic carboxylic acids is 1. The average molecular weight is 258 g/mol. The average Bonchev–Trinajstić information content (AvgIpc) is 2.70. The summed E-state index contributed by atoms with van der Waals surface area (Å²) in [7, 11) is 2.04. The van der Waals surface area contributed by atoms with Gasteiger partial charge in [0.2, 0.25) is 6.33 Å². The molecule has 0 saturated heterocycles. The molecule has 0 radical (unpaired) electrons. The molecule has 1 aromatic rings. The van der Waals surface area contributed by atoms with Gasteiger partial charge in [-0.1, -0.05) is 13.3 Å². The minimum atomic E-state index is -0.964. The van der Waals surface area contributed by atoms with Crippen LogP contribution in [0.4, 0.5) is 0 Å². The molecule has 1 rings (SSSR count). The topological polar surface area (TPSA) is 48.9 Å². The normalized spacial score (nSPS) is 9.59. The second-order valence-electron chi connectivity index (χ2n) is 3.79. The van der Waals surface area contributed by atoms with E-state index >= 15 is 0 Å². The van der Waals surface area contributed by atoms with Crippen LogP contribution in [0.1, 0.15) is 26.2 Å². The van der Waals surface area contributed by atoms with Crippen molar-refractivity contribution in [2.45, 2.75) is 32.7 Å². The summed E-state index contributed by atoms with van der Waals surface area (Å²) in [5.74, 6) is -0.308. The molecule has 0 N–H and O–H groups in total. The molecule has 1 heterocycles. The number of thioether (sulfide) groups is 1. The van der Waals surface area contributed by atoms with Gasteiger partial charge in [-0.05, 0) is 24.9 Å². The number of carboxylic acid groups (broad SMARTS) is 1. The summed E-state index contributed by atoms with van der Waals surface area (Å²) < 4.78 is 4.28. The van der Waals surface area contributed by atoms with E-state index in [-0.39, 0.29) is 6.42 Å². The maximum Gasteiger partial charge on any atom is 0.243 e. The van der Waals surface area contributed by atoms with Gasteiger partial charge in [-0.2, -0.15) is 11.8 Å². The van der Waals surface area contributed by atoms with Crippen molar-refractivity contribution >= 4 is 17.7 Å². The molecule has 0 aliphatic carbocycles. The summed E-state index contributed by atoms with van der Waals surface area (Å²) in [6.07, 6.45) is 10.8. The van der Waals surface area contributed by atoms with Gasteiger partial charge in [-0.3, -0.25) is 0 Å². The van der Waals surface area contributed by atoms with Crippen LogP contribution in [0.3, 0.4) is 0 Å². The Morgan fingerprint density at radius 2 is 2.24 bits per heavy atom. The third kappa shape index (κ3) is 9.93. The molecule has 0 unspecified atom stereocenters. The van der Waals surface area contributed by atoms with Gasteiger partial charge in [0, 0.05) is 5.97 Å². The molecule has 0 amide bonds. The third-order valence-electron chi connectivity index (χ3n) is 2.10. The van der Waals surface area contributed by atoms with Crippen LogP contribution in [-0.4, -0.2) is 22.5 Å². The van der Waals surface area contributed by atoms with E-state index in [0.29, 0.717) is 5.75 Å². The standard InChI is InChI=1S/C8H15N2.C4H8O2S/c1-3-4-5-10-7-6-9(2)8-10;1-7-3-2-4(5)6/h6-8H,3-5H2,1-2H3;2-3H2,1H3,(H,5,6)/q+1;/p-1. The second-order valence-corrected chi connectivity index (χ2v) is 4.77. The van der Waals surface area contributed by atoms with Gasteiger partial charge in [0.15, 0.2) is 0 Å². The highest BCUT2D eigenvalue weighted by Gasteiger charge is 1.96. The fourth-order valence-corrected chi connectivity index (χ4v) is 1.53. The fraction of sp³-hybridized carbons (Fsp3) is 0.667. The first kappa shape index (κ1) is 16.0. The van der Waals surface area contributed by atoms with E-state index < -0.39 is 5.97 Å². The first-order chi connectivity index (χ1) is 8.10. The van der Waals surface area contributed by atoms with Gasteiger partial charge in [0.05, 0.1) is 13.6 Å². The van der Waals surface area contributed by atoms with E-state index in [4.69, 9.17) is 0 Å². The smallest absolute Gasteiger partial charge is 0.243 e. The Balaban J connectivity index is 0.000000325. The molecule has 0 bridgehead atoms. The highest BCUT2D eigenvalue weighted by atomic mass is 32.2. The van der Waals surface area contributed by atoms with Crippen molar-refractivity contribution < 1.29 is 14.5 Å². The number of carbonyl (C=O) groups is 1. The molecule has 1 aromatic heterocycles. The number of aryl methyl sites for hydroxylation is 2. The van der Waals surface area contributed by atoms with Crippen molar-refractivity contribution in [3.8, 4) is 0 Å². The number of imidazole rings is 1. The molecule has 0 spiro atoms. The molecule has 0 aliphatic heterocycles. The van der Waals surface area contributed by atoms with Crippen LogP contribution in [0.25, 0.3) is 0 Å². The van der Waals surface area contributed by atoms with Gasteiger partial charge in [-0.25, -0.2) is 9.13 Å². The van der Waals surface area contributed by atoms with Crippen LogP contribution in [0.2, 0.25) is 0 Å². The lowest BCUT2D eigenvalue weighted by Gasteiger charge is -1.95. The Morgan fingerprint density at radius 1 is 1.53 bits per heavy atom. The molecule has 5 heteroatoms. The van der Waals surface area contributed by atoms with Gasteiger partial charge in [0.1, 0.15) is 12.4 Å². The van der Waals surface area contributed by atoms with Crippen LogP contribution in [-0.2, 0) is 18.4 Å². The van der Waals surface area contributed by atoms with Crippen molar-refractivity contribution in [1.29, 1.82) is 0 Å². The van der Waals surface area contributed by atoms with E-state index in [1.807, 2.05) is 13.3 Å². The van der Waals surface area contributed by atoms with Crippen LogP contribution in [0, 0.1) is 0 Å². The predicted octanol–water partition coefficient (Wildman–Crippen LogP) is 0.602. The van der Waals surface area contributed by atoms with E-state index in [9.17, 15) is 9.90 Å². The monoisotopic (exact) mass is 258 g/mol. The van der Waals surface area contributed by atoms with E-state index in [1.54, 1.807) is 0 Å². The van der Waals surface area contributed by atoms with E-state index in [2.05, 4.69) is 34.8 Å². The van der Waals surface area contributed by atoms with Crippen LogP contribution >= 0.6 is 11.8 Å². The number of nitrogens with zero attached hydrogens (tertiary/aromatic N) is 2. The summed E-state index contributed by atoms with van der Waals surface area (Å²) in [6, 6.07) is 0. The quantitative estimate of drug-likeness (QED) is 0.702. The zero-order valence-electron chi connectivity index (χ0n) is 10.9. The Kier molecular flexibility index (Phi) is 9.62. The first-order valence-electron chi connectivity index (χ1n) is 5.80. The molecule has 0 aliphatic rings. The SMILES string of the molecule is CCCCn1cc[n+](C)c1.CSCCC(=O)[O-]. The predicted molar refractivity (Wildman–Crippen MR) is 68.5 cm³/mol. The second kappa shape index (κ2) is 10.2. The van der Waals surface area contributed by atoms with Crippen molar-refractivity contribution in [2.24, 2.45) is 7.05 Å². The molecule has 0 aromatic carbocycles. The maximum absolute atomic E-state index is 9.63. The summed E-state index contributed by atoms with van der Waals surface area (Å²) in [6.45, 7) is 3.36. The summed E-state index contributed by atoms with van der Waals surface area (Å²) in [4.78, 5) is 9.63.